The first-order valence-electron chi connectivity index (χ1n) is 6.36. The van der Waals surface area contributed by atoms with Gasteiger partial charge in [0.05, 0.1) is 7.11 Å². The summed E-state index contributed by atoms with van der Waals surface area (Å²) < 4.78 is 16.0. The summed E-state index contributed by atoms with van der Waals surface area (Å²) in [4.78, 5) is 14.0. The number of likely N-dealkylation sites (N-methyl/N-ethyl adjacent to an activating group) is 1. The van der Waals surface area contributed by atoms with Gasteiger partial charge in [0.2, 0.25) is 0 Å². The Morgan fingerprint density at radius 2 is 2.06 bits per heavy atom. The number of ether oxygens (including phenoxy) is 1. The fourth-order valence-electron chi connectivity index (χ4n) is 2.11. The minimum Gasteiger partial charge on any atom is -0.468 e. The van der Waals surface area contributed by atoms with Crippen molar-refractivity contribution in [3.63, 3.8) is 0 Å². The third kappa shape index (κ3) is 4.33. The van der Waals surface area contributed by atoms with Crippen molar-refractivity contribution in [1.29, 1.82) is 0 Å². The highest BCUT2D eigenvalue weighted by atomic mass is 32.2. The van der Waals surface area contributed by atoms with Crippen LogP contribution in [0.5, 0.6) is 0 Å². The summed E-state index contributed by atoms with van der Waals surface area (Å²) in [6.07, 6.45) is 1.68. The molecule has 1 unspecified atom stereocenters. The molecule has 106 valence electrons. The molecule has 5 nitrogen and oxygen atoms in total. The van der Waals surface area contributed by atoms with Crippen molar-refractivity contribution in [3.05, 3.63) is 0 Å². The molecule has 0 amide bonds. The maximum Gasteiger partial charge on any atom is 0.325 e. The molecule has 1 atom stereocenters. The van der Waals surface area contributed by atoms with E-state index in [1.54, 1.807) is 7.05 Å². The number of methoxy groups -OCH3 is 1. The molecule has 0 aliphatic carbocycles. The second kappa shape index (κ2) is 7.21. The van der Waals surface area contributed by atoms with Gasteiger partial charge in [-0.2, -0.15) is 0 Å². The van der Waals surface area contributed by atoms with Crippen LogP contribution in [0.1, 0.15) is 19.8 Å². The topological polar surface area (TPSA) is 58.6 Å². The number of hydrogen-bond donors (Lipinski definition) is 1. The molecule has 0 aromatic carbocycles. The van der Waals surface area contributed by atoms with Crippen LogP contribution in [0.15, 0.2) is 0 Å². The van der Waals surface area contributed by atoms with Crippen LogP contribution in [0.3, 0.4) is 0 Å². The molecule has 6 heteroatoms. The molecule has 0 radical (unpaired) electrons. The van der Waals surface area contributed by atoms with E-state index in [2.05, 4.69) is 10.2 Å². The summed E-state index contributed by atoms with van der Waals surface area (Å²) in [6, 6.07) is 0. The van der Waals surface area contributed by atoms with Crippen LogP contribution < -0.4 is 5.32 Å². The van der Waals surface area contributed by atoms with E-state index in [1.807, 2.05) is 6.92 Å². The highest BCUT2D eigenvalue weighted by Crippen LogP contribution is 2.14. The maximum absolute atomic E-state index is 11.7. The van der Waals surface area contributed by atoms with E-state index in [-0.39, 0.29) is 5.97 Å². The van der Waals surface area contributed by atoms with E-state index in [0.29, 0.717) is 0 Å². The van der Waals surface area contributed by atoms with Gasteiger partial charge in [0.25, 0.3) is 0 Å². The molecule has 0 bridgehead atoms. The van der Waals surface area contributed by atoms with Gasteiger partial charge in [0, 0.05) is 35.4 Å². The van der Waals surface area contributed by atoms with Gasteiger partial charge >= 0.3 is 5.97 Å². The lowest BCUT2D eigenvalue weighted by molar-refractivity contribution is -0.148. The number of nitrogens with zero attached hydrogens (tertiary/aromatic N) is 1. The summed E-state index contributed by atoms with van der Waals surface area (Å²) in [5.74, 6) is 1.34. The number of nitrogens with one attached hydrogen (secondary N) is 1. The normalized spacial score (nSPS) is 21.5. The Morgan fingerprint density at radius 1 is 1.44 bits per heavy atom. The van der Waals surface area contributed by atoms with E-state index in [1.165, 1.54) is 7.11 Å². The molecule has 0 spiro atoms. The summed E-state index contributed by atoms with van der Waals surface area (Å²) in [5, 5.41) is 3.03. The van der Waals surface area contributed by atoms with E-state index in [0.717, 1.165) is 44.0 Å². The van der Waals surface area contributed by atoms with Crippen molar-refractivity contribution in [2.45, 2.75) is 25.3 Å². The number of hydrogen-bond acceptors (Lipinski definition) is 5. The van der Waals surface area contributed by atoms with Crippen molar-refractivity contribution in [2.24, 2.45) is 0 Å². The number of rotatable bonds is 6. The monoisotopic (exact) mass is 276 g/mol. The first-order chi connectivity index (χ1) is 8.51. The third-order valence-corrected chi connectivity index (χ3v) is 4.89. The molecule has 0 saturated carbocycles. The van der Waals surface area contributed by atoms with Gasteiger partial charge in [-0.05, 0) is 33.4 Å². The fourth-order valence-corrected chi connectivity index (χ4v) is 3.24. The molecule has 1 aliphatic rings. The zero-order chi connectivity index (χ0) is 13.6. The van der Waals surface area contributed by atoms with Crippen LogP contribution in [-0.2, 0) is 20.3 Å². The Kier molecular flexibility index (Phi) is 6.25. The first kappa shape index (κ1) is 15.6. The summed E-state index contributed by atoms with van der Waals surface area (Å²) >= 11 is 0. The molecule has 1 saturated heterocycles. The lowest BCUT2D eigenvalue weighted by Gasteiger charge is -2.29. The Hall–Kier alpha value is -0.460. The van der Waals surface area contributed by atoms with Gasteiger partial charge in [-0.25, -0.2) is 0 Å². The number of carbonyl (C=O) groups is 1. The quantitative estimate of drug-likeness (QED) is 0.691. The average molecular weight is 276 g/mol. The van der Waals surface area contributed by atoms with E-state index >= 15 is 0 Å². The van der Waals surface area contributed by atoms with Crippen molar-refractivity contribution >= 4 is 16.8 Å². The maximum atomic E-state index is 11.7. The van der Waals surface area contributed by atoms with Gasteiger partial charge in [0.1, 0.15) is 5.54 Å². The molecule has 1 rings (SSSR count). The van der Waals surface area contributed by atoms with Crippen LogP contribution in [0.25, 0.3) is 0 Å². The molecule has 1 heterocycles. The first-order valence-corrected chi connectivity index (χ1v) is 7.85. The minimum absolute atomic E-state index is 0.218. The average Bonchev–Trinajstić information content (AvgIpc) is 2.39. The molecular weight excluding hydrogens is 252 g/mol. The Balaban J connectivity index is 2.31. The van der Waals surface area contributed by atoms with E-state index in [9.17, 15) is 9.00 Å². The van der Waals surface area contributed by atoms with Gasteiger partial charge in [-0.1, -0.05) is 0 Å². The Morgan fingerprint density at radius 3 is 2.56 bits per heavy atom. The van der Waals surface area contributed by atoms with Crippen LogP contribution >= 0.6 is 0 Å². The standard InChI is InChI=1S/C12H24N2O3S/c1-12(13-2,11(15)17-3)5-4-6-14-7-9-18(16)10-8-14/h13H,4-10H2,1-3H3. The molecule has 1 fully saturated rings. The molecule has 0 aromatic heterocycles. The van der Waals surface area contributed by atoms with Crippen molar-refractivity contribution < 1.29 is 13.7 Å². The molecule has 1 aliphatic heterocycles. The summed E-state index contributed by atoms with van der Waals surface area (Å²) in [7, 11) is 2.57. The van der Waals surface area contributed by atoms with Crippen LogP contribution in [0, 0.1) is 0 Å². The largest absolute Gasteiger partial charge is 0.468 e. The van der Waals surface area contributed by atoms with Crippen molar-refractivity contribution in [2.75, 3.05) is 45.3 Å². The number of esters is 1. The Bertz CT molecular complexity index is 302. The second-order valence-electron chi connectivity index (χ2n) is 4.87. The summed E-state index contributed by atoms with van der Waals surface area (Å²) in [6.45, 7) is 4.62. The second-order valence-corrected chi connectivity index (χ2v) is 6.56. The van der Waals surface area contributed by atoms with Gasteiger partial charge in [-0.3, -0.25) is 9.00 Å². The number of carbonyl (C=O) groups excluding carboxylic acids is 1. The predicted molar refractivity (Wildman–Crippen MR) is 73.0 cm³/mol. The van der Waals surface area contributed by atoms with E-state index in [4.69, 9.17) is 4.74 Å². The lowest BCUT2D eigenvalue weighted by Crippen LogP contribution is -2.49. The van der Waals surface area contributed by atoms with Crippen molar-refractivity contribution in [1.82, 2.24) is 10.2 Å². The van der Waals surface area contributed by atoms with Gasteiger partial charge < -0.3 is 15.0 Å². The lowest BCUT2D eigenvalue weighted by atomic mass is 9.96. The molecule has 1 N–H and O–H groups in total. The summed E-state index contributed by atoms with van der Waals surface area (Å²) in [5.41, 5.74) is -0.604. The minimum atomic E-state index is -0.622. The molecule has 18 heavy (non-hydrogen) atoms. The van der Waals surface area contributed by atoms with Crippen molar-refractivity contribution in [3.8, 4) is 0 Å². The smallest absolute Gasteiger partial charge is 0.325 e. The molecular formula is C12H24N2O3S. The highest BCUT2D eigenvalue weighted by Gasteiger charge is 2.32. The van der Waals surface area contributed by atoms with Gasteiger partial charge in [-0.15, -0.1) is 0 Å². The van der Waals surface area contributed by atoms with Gasteiger partial charge in [0.15, 0.2) is 0 Å². The third-order valence-electron chi connectivity index (χ3n) is 3.61. The zero-order valence-corrected chi connectivity index (χ0v) is 12.3. The molecule has 0 aromatic rings. The Labute approximate surface area is 112 Å². The van der Waals surface area contributed by atoms with Crippen LogP contribution in [0.4, 0.5) is 0 Å². The highest BCUT2D eigenvalue weighted by molar-refractivity contribution is 7.85. The van der Waals surface area contributed by atoms with Crippen LogP contribution in [0.2, 0.25) is 0 Å². The fraction of sp³-hybridized carbons (Fsp3) is 0.917. The zero-order valence-electron chi connectivity index (χ0n) is 11.5. The predicted octanol–water partition coefficient (Wildman–Crippen LogP) is -0.0180. The SMILES string of the molecule is CNC(C)(CCCN1CCS(=O)CC1)C(=O)OC. The van der Waals surface area contributed by atoms with Crippen LogP contribution in [-0.4, -0.2) is 65.9 Å². The van der Waals surface area contributed by atoms with E-state index < -0.39 is 16.3 Å².